The van der Waals surface area contributed by atoms with E-state index >= 15 is 0 Å². The van der Waals surface area contributed by atoms with Gasteiger partial charge in [0.05, 0.1) is 11.7 Å². The number of aromatic carboxylic acids is 1. The summed E-state index contributed by atoms with van der Waals surface area (Å²) < 4.78 is 0. The zero-order valence-corrected chi connectivity index (χ0v) is 6.42. The molecule has 0 atom stereocenters. The van der Waals surface area contributed by atoms with Crippen molar-refractivity contribution in [3.05, 3.63) is 22.7 Å². The van der Waals surface area contributed by atoms with Crippen LogP contribution in [0, 0.1) is 6.92 Å². The molecule has 1 aromatic rings. The molecule has 0 N–H and O–H groups in total. The predicted octanol–water partition coefficient (Wildman–Crippen LogP) is -0.198. The Morgan fingerprint density at radius 1 is 1.73 bits per heavy atom. The lowest BCUT2D eigenvalue weighted by Gasteiger charge is -2.02. The molecule has 0 aliphatic heterocycles. The first-order chi connectivity index (χ1) is 5.11. The number of rotatable bonds is 1. The van der Waals surface area contributed by atoms with Gasteiger partial charge in [0.25, 0.3) is 0 Å². The van der Waals surface area contributed by atoms with E-state index in [1.807, 2.05) is 0 Å². The lowest BCUT2D eigenvalue weighted by molar-refractivity contribution is -0.255. The summed E-state index contributed by atoms with van der Waals surface area (Å²) in [6.45, 7) is 1.66. The van der Waals surface area contributed by atoms with E-state index in [0.29, 0.717) is 5.69 Å². The molecule has 0 amide bonds. The third-order valence-electron chi connectivity index (χ3n) is 1.04. The number of carboxylic acid groups (broad SMARTS) is 1. The molecule has 0 saturated carbocycles. The quantitative estimate of drug-likeness (QED) is 0.587. The van der Waals surface area contributed by atoms with Gasteiger partial charge >= 0.3 is 0 Å². The molecule has 0 aliphatic carbocycles. The molecule has 0 saturated heterocycles. The van der Waals surface area contributed by atoms with Crippen molar-refractivity contribution in [2.75, 3.05) is 0 Å². The van der Waals surface area contributed by atoms with Crippen molar-refractivity contribution in [1.82, 2.24) is 9.97 Å². The van der Waals surface area contributed by atoms with Gasteiger partial charge in [0.15, 0.2) is 5.15 Å². The van der Waals surface area contributed by atoms with Crippen LogP contribution in [-0.4, -0.2) is 15.9 Å². The van der Waals surface area contributed by atoms with Gasteiger partial charge < -0.3 is 9.90 Å². The van der Waals surface area contributed by atoms with E-state index in [-0.39, 0.29) is 10.8 Å². The first-order valence-corrected chi connectivity index (χ1v) is 3.19. The highest BCUT2D eigenvalue weighted by atomic mass is 35.5. The molecule has 0 bridgehead atoms. The Bertz CT molecular complexity index is 301. The maximum atomic E-state index is 10.2. The highest BCUT2D eigenvalue weighted by Crippen LogP contribution is 2.08. The molecule has 58 valence electrons. The Morgan fingerprint density at radius 2 is 2.36 bits per heavy atom. The standard InChI is InChI=1S/C6H5ClN2O2/c1-3-2-8-4(6(10)11)5(7)9-3/h2H,1H3,(H,10,11)/p-1. The number of hydrogen-bond donors (Lipinski definition) is 0. The number of aryl methyl sites for hydroxylation is 1. The summed E-state index contributed by atoms with van der Waals surface area (Å²) >= 11 is 5.43. The minimum atomic E-state index is -1.41. The minimum absolute atomic E-state index is 0.134. The monoisotopic (exact) mass is 171 g/mol. The molecule has 1 heterocycles. The second-order valence-electron chi connectivity index (χ2n) is 1.94. The van der Waals surface area contributed by atoms with Gasteiger partial charge in [-0.3, -0.25) is 0 Å². The highest BCUT2D eigenvalue weighted by molar-refractivity contribution is 6.31. The van der Waals surface area contributed by atoms with Crippen LogP contribution in [0.5, 0.6) is 0 Å². The van der Waals surface area contributed by atoms with E-state index in [1.165, 1.54) is 6.20 Å². The van der Waals surface area contributed by atoms with E-state index in [4.69, 9.17) is 11.6 Å². The number of hydrogen-bond acceptors (Lipinski definition) is 4. The van der Waals surface area contributed by atoms with Crippen molar-refractivity contribution in [2.24, 2.45) is 0 Å². The molecule has 0 aliphatic rings. The van der Waals surface area contributed by atoms with Gasteiger partial charge in [0, 0.05) is 6.20 Å². The zero-order chi connectivity index (χ0) is 8.43. The van der Waals surface area contributed by atoms with Crippen LogP contribution in [0.4, 0.5) is 0 Å². The normalized spacial score (nSPS) is 9.64. The van der Waals surface area contributed by atoms with Crippen molar-refractivity contribution >= 4 is 17.6 Å². The second kappa shape index (κ2) is 2.84. The molecular formula is C6H4ClN2O2-. The largest absolute Gasteiger partial charge is 0.543 e. The summed E-state index contributed by atoms with van der Waals surface area (Å²) in [5.41, 5.74) is 0.247. The minimum Gasteiger partial charge on any atom is -0.543 e. The van der Waals surface area contributed by atoms with Gasteiger partial charge in [-0.15, -0.1) is 0 Å². The summed E-state index contributed by atoms with van der Waals surface area (Å²) in [5.74, 6) is -1.41. The summed E-state index contributed by atoms with van der Waals surface area (Å²) in [6, 6.07) is 0. The first-order valence-electron chi connectivity index (χ1n) is 2.81. The number of carboxylic acids is 1. The highest BCUT2D eigenvalue weighted by Gasteiger charge is 2.02. The van der Waals surface area contributed by atoms with Crippen LogP contribution in [-0.2, 0) is 0 Å². The fourth-order valence-electron chi connectivity index (χ4n) is 0.585. The fourth-order valence-corrected chi connectivity index (χ4v) is 0.844. The first kappa shape index (κ1) is 7.94. The number of aromatic nitrogens is 2. The van der Waals surface area contributed by atoms with Crippen molar-refractivity contribution in [3.8, 4) is 0 Å². The van der Waals surface area contributed by atoms with Crippen LogP contribution in [0.1, 0.15) is 16.2 Å². The SMILES string of the molecule is Cc1cnc(C(=O)[O-])c(Cl)n1. The van der Waals surface area contributed by atoms with Crippen LogP contribution in [0.2, 0.25) is 5.15 Å². The predicted molar refractivity (Wildman–Crippen MR) is 36.1 cm³/mol. The molecule has 1 rings (SSSR count). The Kier molecular flexibility index (Phi) is 2.05. The van der Waals surface area contributed by atoms with E-state index in [0.717, 1.165) is 0 Å². The molecule has 0 spiro atoms. The van der Waals surface area contributed by atoms with E-state index in [9.17, 15) is 9.90 Å². The van der Waals surface area contributed by atoms with Gasteiger partial charge in [-0.1, -0.05) is 11.6 Å². The zero-order valence-electron chi connectivity index (χ0n) is 5.67. The smallest absolute Gasteiger partial charge is 0.156 e. The van der Waals surface area contributed by atoms with Gasteiger partial charge in [-0.2, -0.15) is 0 Å². The Labute approximate surface area is 67.9 Å². The molecular weight excluding hydrogens is 168 g/mol. The van der Waals surface area contributed by atoms with Crippen LogP contribution in [0.15, 0.2) is 6.20 Å². The molecule has 0 unspecified atom stereocenters. The van der Waals surface area contributed by atoms with Crippen molar-refractivity contribution in [2.45, 2.75) is 6.92 Å². The Morgan fingerprint density at radius 3 is 2.82 bits per heavy atom. The summed E-state index contributed by atoms with van der Waals surface area (Å²) in [5, 5.41) is 10.1. The molecule has 0 fully saturated rings. The topological polar surface area (TPSA) is 65.9 Å². The second-order valence-corrected chi connectivity index (χ2v) is 2.30. The van der Waals surface area contributed by atoms with Gasteiger partial charge in [-0.25, -0.2) is 9.97 Å². The molecule has 1 aromatic heterocycles. The lowest BCUT2D eigenvalue weighted by atomic mass is 10.4. The van der Waals surface area contributed by atoms with Crippen LogP contribution >= 0.6 is 11.6 Å². The van der Waals surface area contributed by atoms with Crippen molar-refractivity contribution in [1.29, 1.82) is 0 Å². The third-order valence-corrected chi connectivity index (χ3v) is 1.31. The molecule has 4 nitrogen and oxygen atoms in total. The van der Waals surface area contributed by atoms with E-state index in [1.54, 1.807) is 6.92 Å². The van der Waals surface area contributed by atoms with Gasteiger partial charge in [0.1, 0.15) is 5.69 Å². The lowest BCUT2D eigenvalue weighted by Crippen LogP contribution is -2.24. The van der Waals surface area contributed by atoms with Gasteiger partial charge in [-0.05, 0) is 6.92 Å². The summed E-state index contributed by atoms with van der Waals surface area (Å²) in [6.07, 6.45) is 1.32. The molecule has 0 radical (unpaired) electrons. The molecule has 0 aromatic carbocycles. The Balaban J connectivity index is 3.20. The average molecular weight is 172 g/mol. The van der Waals surface area contributed by atoms with E-state index < -0.39 is 5.97 Å². The van der Waals surface area contributed by atoms with Gasteiger partial charge in [0.2, 0.25) is 0 Å². The molecule has 5 heteroatoms. The number of halogens is 1. The number of nitrogens with zero attached hydrogens (tertiary/aromatic N) is 2. The van der Waals surface area contributed by atoms with Crippen molar-refractivity contribution < 1.29 is 9.90 Å². The van der Waals surface area contributed by atoms with Crippen molar-refractivity contribution in [3.63, 3.8) is 0 Å². The van der Waals surface area contributed by atoms with Crippen LogP contribution in [0.25, 0.3) is 0 Å². The van der Waals surface area contributed by atoms with Crippen LogP contribution in [0.3, 0.4) is 0 Å². The summed E-state index contributed by atoms with van der Waals surface area (Å²) in [4.78, 5) is 17.4. The maximum Gasteiger partial charge on any atom is 0.156 e. The number of carbonyl (C=O) groups excluding carboxylic acids is 1. The number of carbonyl (C=O) groups is 1. The average Bonchev–Trinajstić information content (AvgIpc) is 1.85. The fraction of sp³-hybridized carbons (Fsp3) is 0.167. The summed E-state index contributed by atoms with van der Waals surface area (Å²) in [7, 11) is 0. The third kappa shape index (κ3) is 1.65. The van der Waals surface area contributed by atoms with Crippen LogP contribution < -0.4 is 5.11 Å². The Hall–Kier alpha value is -1.16. The van der Waals surface area contributed by atoms with E-state index in [2.05, 4.69) is 9.97 Å². The maximum absolute atomic E-state index is 10.2. The molecule has 11 heavy (non-hydrogen) atoms.